The third-order valence-corrected chi connectivity index (χ3v) is 8.50. The fourth-order valence-corrected chi connectivity index (χ4v) is 6.10. The maximum Gasteiger partial charge on any atom is 0.213 e. The molecule has 1 atom stereocenters. The number of likely N-dealkylation sites (tertiary alicyclic amines) is 1. The zero-order valence-corrected chi connectivity index (χ0v) is 15.6. The molecule has 0 aromatic carbocycles. The first kappa shape index (κ1) is 17.6. The molecule has 0 aromatic rings. The number of hydrogen-bond donors (Lipinski definition) is 1. The van der Waals surface area contributed by atoms with Crippen molar-refractivity contribution in [3.63, 3.8) is 0 Å². The molecule has 0 amide bonds. The lowest BCUT2D eigenvalue weighted by Gasteiger charge is -2.39. The van der Waals surface area contributed by atoms with Crippen molar-refractivity contribution < 1.29 is 8.42 Å². The van der Waals surface area contributed by atoms with Gasteiger partial charge in [0.05, 0.1) is 5.75 Å². The van der Waals surface area contributed by atoms with Crippen LogP contribution in [0, 0.1) is 5.92 Å². The van der Waals surface area contributed by atoms with Gasteiger partial charge in [0.1, 0.15) is 0 Å². The zero-order valence-electron chi connectivity index (χ0n) is 14.8. The summed E-state index contributed by atoms with van der Waals surface area (Å²) in [6, 6.07) is 0.632. The topological polar surface area (TPSA) is 52.7 Å². The van der Waals surface area contributed by atoms with Crippen LogP contribution in [-0.4, -0.2) is 68.2 Å². The number of piperidine rings is 1. The second-order valence-electron chi connectivity index (χ2n) is 7.72. The summed E-state index contributed by atoms with van der Waals surface area (Å²) < 4.78 is 25.6. The highest BCUT2D eigenvalue weighted by Gasteiger charge is 2.48. The highest BCUT2D eigenvalue weighted by molar-refractivity contribution is 7.89. The summed E-state index contributed by atoms with van der Waals surface area (Å²) in [5.74, 6) is 0.856. The minimum absolute atomic E-state index is 0.229. The molecule has 1 aliphatic carbocycles. The Kier molecular flexibility index (Phi) is 5.36. The Balaban J connectivity index is 1.49. The molecule has 0 bridgehead atoms. The molecule has 3 aliphatic rings. The lowest BCUT2D eigenvalue weighted by Crippen LogP contribution is -2.53. The molecule has 2 heterocycles. The van der Waals surface area contributed by atoms with Gasteiger partial charge in [-0.2, -0.15) is 0 Å². The molecular weight excluding hydrogens is 310 g/mol. The summed E-state index contributed by atoms with van der Waals surface area (Å²) >= 11 is 0. The molecule has 0 radical (unpaired) electrons. The van der Waals surface area contributed by atoms with E-state index in [2.05, 4.69) is 17.3 Å². The van der Waals surface area contributed by atoms with Gasteiger partial charge >= 0.3 is 0 Å². The lowest BCUT2D eigenvalue weighted by molar-refractivity contribution is 0.144. The van der Waals surface area contributed by atoms with Crippen LogP contribution in [0.1, 0.15) is 51.9 Å². The van der Waals surface area contributed by atoms with Crippen LogP contribution in [0.5, 0.6) is 0 Å². The van der Waals surface area contributed by atoms with Crippen molar-refractivity contribution in [3.8, 4) is 0 Å². The average molecular weight is 344 g/mol. The molecule has 1 N–H and O–H groups in total. The minimum atomic E-state index is -2.99. The molecule has 2 saturated heterocycles. The van der Waals surface area contributed by atoms with E-state index in [1.807, 2.05) is 0 Å². The van der Waals surface area contributed by atoms with E-state index < -0.39 is 10.0 Å². The van der Waals surface area contributed by atoms with Crippen LogP contribution in [-0.2, 0) is 10.0 Å². The molecule has 1 unspecified atom stereocenters. The number of likely N-dealkylation sites (N-methyl/N-ethyl adjacent to an activating group) is 1. The zero-order chi connectivity index (χ0) is 16.5. The first-order valence-corrected chi connectivity index (χ1v) is 11.0. The molecule has 1 spiro atoms. The molecule has 3 fully saturated rings. The Morgan fingerprint density at radius 3 is 2.35 bits per heavy atom. The van der Waals surface area contributed by atoms with Gasteiger partial charge in [-0.1, -0.05) is 12.8 Å². The number of hydrogen-bond acceptors (Lipinski definition) is 4. The molecule has 1 saturated carbocycles. The van der Waals surface area contributed by atoms with Gasteiger partial charge < -0.3 is 5.32 Å². The third-order valence-electron chi connectivity index (χ3n) is 6.62. The van der Waals surface area contributed by atoms with E-state index in [1.165, 1.54) is 38.6 Å². The number of rotatable bonds is 5. The molecule has 2 aliphatic heterocycles. The van der Waals surface area contributed by atoms with Crippen molar-refractivity contribution in [3.05, 3.63) is 0 Å². The highest BCUT2D eigenvalue weighted by atomic mass is 32.2. The molecular formula is C17H33N3O2S. The second kappa shape index (κ2) is 6.98. The van der Waals surface area contributed by atoms with Crippen LogP contribution < -0.4 is 5.32 Å². The van der Waals surface area contributed by atoms with Crippen LogP contribution >= 0.6 is 0 Å². The Morgan fingerprint density at radius 1 is 1.09 bits per heavy atom. The summed E-state index contributed by atoms with van der Waals surface area (Å²) in [4.78, 5) is 2.59. The van der Waals surface area contributed by atoms with E-state index in [-0.39, 0.29) is 5.75 Å². The van der Waals surface area contributed by atoms with E-state index in [9.17, 15) is 8.42 Å². The second-order valence-corrected chi connectivity index (χ2v) is 9.98. The van der Waals surface area contributed by atoms with E-state index in [0.717, 1.165) is 19.4 Å². The summed E-state index contributed by atoms with van der Waals surface area (Å²) in [5.41, 5.74) is 0.409. The van der Waals surface area contributed by atoms with Crippen molar-refractivity contribution in [2.45, 2.75) is 63.5 Å². The van der Waals surface area contributed by atoms with E-state index in [4.69, 9.17) is 0 Å². The van der Waals surface area contributed by atoms with Crippen LogP contribution in [0.15, 0.2) is 0 Å². The third kappa shape index (κ3) is 3.46. The minimum Gasteiger partial charge on any atom is -0.312 e. The van der Waals surface area contributed by atoms with Gasteiger partial charge in [0.15, 0.2) is 0 Å². The highest BCUT2D eigenvalue weighted by Crippen LogP contribution is 2.42. The summed E-state index contributed by atoms with van der Waals surface area (Å²) in [6.07, 6.45) is 8.69. The fraction of sp³-hybridized carbons (Fsp3) is 1.00. The Labute approximate surface area is 141 Å². The van der Waals surface area contributed by atoms with Crippen molar-refractivity contribution in [1.29, 1.82) is 0 Å². The van der Waals surface area contributed by atoms with Crippen molar-refractivity contribution in [2.75, 3.05) is 39.0 Å². The molecule has 23 heavy (non-hydrogen) atoms. The molecule has 6 heteroatoms. The smallest absolute Gasteiger partial charge is 0.213 e. The van der Waals surface area contributed by atoms with Gasteiger partial charge in [-0.3, -0.25) is 4.90 Å². The maximum absolute atomic E-state index is 11.9. The first-order chi connectivity index (χ1) is 11.0. The first-order valence-electron chi connectivity index (χ1n) is 9.40. The quantitative estimate of drug-likeness (QED) is 0.825. The monoisotopic (exact) mass is 343 g/mol. The van der Waals surface area contributed by atoms with Crippen LogP contribution in [0.4, 0.5) is 0 Å². The fourth-order valence-electron chi connectivity index (χ4n) is 4.97. The SMILES string of the molecule is CCS(=O)(=O)N1CCC(CNC2CCN(C)C23CCCC3)CC1. The van der Waals surface area contributed by atoms with E-state index in [1.54, 1.807) is 11.2 Å². The van der Waals surface area contributed by atoms with Gasteiger partial charge in [-0.25, -0.2) is 12.7 Å². The number of sulfonamides is 1. The Bertz CT molecular complexity index is 494. The lowest BCUT2D eigenvalue weighted by atomic mass is 9.88. The summed E-state index contributed by atoms with van der Waals surface area (Å²) in [6.45, 7) is 5.42. The van der Waals surface area contributed by atoms with Crippen molar-refractivity contribution in [1.82, 2.24) is 14.5 Å². The normalized spacial score (nSPS) is 30.4. The Morgan fingerprint density at radius 2 is 1.74 bits per heavy atom. The van der Waals surface area contributed by atoms with Gasteiger partial charge in [0.25, 0.3) is 0 Å². The maximum atomic E-state index is 11.9. The largest absolute Gasteiger partial charge is 0.312 e. The van der Waals surface area contributed by atoms with E-state index >= 15 is 0 Å². The van der Waals surface area contributed by atoms with Gasteiger partial charge in [0, 0.05) is 24.7 Å². The van der Waals surface area contributed by atoms with Crippen LogP contribution in [0.25, 0.3) is 0 Å². The summed E-state index contributed by atoms with van der Waals surface area (Å²) in [5, 5.41) is 3.87. The van der Waals surface area contributed by atoms with Gasteiger partial charge in [0.2, 0.25) is 10.0 Å². The Hall–Kier alpha value is -0.170. The predicted octanol–water partition coefficient (Wildman–Crippen LogP) is 1.65. The van der Waals surface area contributed by atoms with Crippen molar-refractivity contribution >= 4 is 10.0 Å². The average Bonchev–Trinajstić information content (AvgIpc) is 3.16. The predicted molar refractivity (Wildman–Crippen MR) is 94.0 cm³/mol. The van der Waals surface area contributed by atoms with Crippen LogP contribution in [0.3, 0.4) is 0 Å². The van der Waals surface area contributed by atoms with Gasteiger partial charge in [-0.15, -0.1) is 0 Å². The standard InChI is InChI=1S/C17H33N3O2S/c1-3-23(21,22)20-12-6-15(7-13-20)14-18-16-8-11-19(2)17(16)9-4-5-10-17/h15-16,18H,3-14H2,1-2H3. The molecule has 5 nitrogen and oxygen atoms in total. The van der Waals surface area contributed by atoms with Gasteiger partial charge in [-0.05, 0) is 65.1 Å². The number of nitrogens with one attached hydrogen (secondary N) is 1. The molecule has 134 valence electrons. The van der Waals surface area contributed by atoms with Crippen molar-refractivity contribution in [2.24, 2.45) is 5.92 Å². The summed E-state index contributed by atoms with van der Waals surface area (Å²) in [7, 11) is -0.702. The number of nitrogens with zero attached hydrogens (tertiary/aromatic N) is 2. The van der Waals surface area contributed by atoms with E-state index in [0.29, 0.717) is 30.6 Å². The molecule has 0 aromatic heterocycles. The van der Waals surface area contributed by atoms with Crippen LogP contribution in [0.2, 0.25) is 0 Å². The molecule has 3 rings (SSSR count).